The van der Waals surface area contributed by atoms with Crippen LogP contribution in [-0.2, 0) is 14.3 Å². The summed E-state index contributed by atoms with van der Waals surface area (Å²) >= 11 is 0. The van der Waals surface area contributed by atoms with Gasteiger partial charge in [0, 0.05) is 6.54 Å². The second-order valence-corrected chi connectivity index (χ2v) is 4.32. The Bertz CT molecular complexity index is 407. The van der Waals surface area contributed by atoms with Gasteiger partial charge in [0.15, 0.2) is 0 Å². The fourth-order valence-corrected chi connectivity index (χ4v) is 2.06. The third kappa shape index (κ3) is 3.54. The van der Waals surface area contributed by atoms with E-state index in [-0.39, 0.29) is 6.42 Å². The van der Waals surface area contributed by atoms with Crippen molar-refractivity contribution in [2.24, 2.45) is 10.4 Å². The molecule has 0 saturated heterocycles. The standard InChI is InChI=1S/C12H18N2O5/c1-3-12(6-9(15)16,11-13-4-5-14-11)8(2)19-7-10(17)18/h3,8H,1,4-7H2,2H3,(H,13,14)(H,15,16)(H,17,18). The summed E-state index contributed by atoms with van der Waals surface area (Å²) in [5.41, 5.74) is -1.04. The topological polar surface area (TPSA) is 108 Å². The Hall–Kier alpha value is -1.89. The first kappa shape index (κ1) is 15.2. The molecule has 0 aromatic carbocycles. The van der Waals surface area contributed by atoms with Crippen LogP contribution in [0.5, 0.6) is 0 Å². The number of amidine groups is 1. The molecule has 7 heteroatoms. The molecule has 7 nitrogen and oxygen atoms in total. The van der Waals surface area contributed by atoms with Crippen LogP contribution in [-0.4, -0.2) is 53.8 Å². The largest absolute Gasteiger partial charge is 0.481 e. The zero-order chi connectivity index (χ0) is 14.5. The summed E-state index contributed by atoms with van der Waals surface area (Å²) in [7, 11) is 0. The molecule has 0 saturated carbocycles. The first-order valence-electron chi connectivity index (χ1n) is 5.90. The minimum absolute atomic E-state index is 0.261. The summed E-state index contributed by atoms with van der Waals surface area (Å²) in [4.78, 5) is 25.8. The molecule has 1 rings (SSSR count). The number of hydrogen-bond acceptors (Lipinski definition) is 5. The molecule has 3 N–H and O–H groups in total. The minimum Gasteiger partial charge on any atom is -0.481 e. The van der Waals surface area contributed by atoms with Gasteiger partial charge in [0.2, 0.25) is 0 Å². The van der Waals surface area contributed by atoms with Crippen LogP contribution in [0.3, 0.4) is 0 Å². The fraction of sp³-hybridized carbons (Fsp3) is 0.583. The minimum atomic E-state index is -1.11. The van der Waals surface area contributed by atoms with Crippen LogP contribution >= 0.6 is 0 Å². The normalized spacial score (nSPS) is 18.9. The molecular weight excluding hydrogens is 252 g/mol. The van der Waals surface area contributed by atoms with Crippen LogP contribution in [0.15, 0.2) is 17.6 Å². The van der Waals surface area contributed by atoms with Crippen LogP contribution < -0.4 is 5.32 Å². The molecule has 0 aliphatic carbocycles. The molecular formula is C12H18N2O5. The summed E-state index contributed by atoms with van der Waals surface area (Å²) in [6.45, 7) is 5.97. The summed E-state index contributed by atoms with van der Waals surface area (Å²) in [6.07, 6.45) is 0.537. The monoisotopic (exact) mass is 270 g/mol. The van der Waals surface area contributed by atoms with Crippen LogP contribution in [0.25, 0.3) is 0 Å². The van der Waals surface area contributed by atoms with Gasteiger partial charge in [-0.3, -0.25) is 9.79 Å². The van der Waals surface area contributed by atoms with Crippen molar-refractivity contribution >= 4 is 17.8 Å². The summed E-state index contributed by atoms with van der Waals surface area (Å²) in [5, 5.41) is 20.7. The third-order valence-corrected chi connectivity index (χ3v) is 3.11. The van der Waals surface area contributed by atoms with E-state index in [2.05, 4.69) is 16.9 Å². The molecule has 0 aromatic heterocycles. The Morgan fingerprint density at radius 3 is 2.68 bits per heavy atom. The number of ether oxygens (including phenoxy) is 1. The first-order chi connectivity index (χ1) is 8.92. The molecule has 2 atom stereocenters. The number of rotatable bonds is 8. The quantitative estimate of drug-likeness (QED) is 0.541. The Kier molecular flexibility index (Phi) is 5.05. The maximum Gasteiger partial charge on any atom is 0.329 e. The van der Waals surface area contributed by atoms with E-state index in [0.29, 0.717) is 18.9 Å². The number of aliphatic carboxylic acids is 2. The van der Waals surface area contributed by atoms with E-state index in [1.165, 1.54) is 6.08 Å². The highest BCUT2D eigenvalue weighted by Crippen LogP contribution is 2.32. The molecule has 0 amide bonds. The van der Waals surface area contributed by atoms with Crippen LogP contribution in [0.1, 0.15) is 13.3 Å². The zero-order valence-electron chi connectivity index (χ0n) is 10.8. The predicted molar refractivity (Wildman–Crippen MR) is 68.2 cm³/mol. The van der Waals surface area contributed by atoms with Crippen molar-refractivity contribution in [2.45, 2.75) is 19.4 Å². The van der Waals surface area contributed by atoms with Crippen molar-refractivity contribution in [2.75, 3.05) is 19.7 Å². The second-order valence-electron chi connectivity index (χ2n) is 4.32. The molecule has 0 bridgehead atoms. The lowest BCUT2D eigenvalue weighted by molar-refractivity contribution is -0.146. The fourth-order valence-electron chi connectivity index (χ4n) is 2.06. The molecule has 19 heavy (non-hydrogen) atoms. The summed E-state index contributed by atoms with van der Waals surface area (Å²) in [6, 6.07) is 0. The summed E-state index contributed by atoms with van der Waals surface area (Å²) in [5.74, 6) is -1.65. The number of nitrogens with zero attached hydrogens (tertiary/aromatic N) is 1. The van der Waals surface area contributed by atoms with Gasteiger partial charge < -0.3 is 20.3 Å². The van der Waals surface area contributed by atoms with Crippen molar-refractivity contribution in [3.05, 3.63) is 12.7 Å². The predicted octanol–water partition coefficient (Wildman–Crippen LogP) is 0.125. The number of carboxylic acid groups (broad SMARTS) is 2. The molecule has 0 radical (unpaired) electrons. The first-order valence-corrected chi connectivity index (χ1v) is 5.90. The summed E-state index contributed by atoms with van der Waals surface area (Å²) < 4.78 is 5.22. The average Bonchev–Trinajstić information content (AvgIpc) is 2.86. The van der Waals surface area contributed by atoms with E-state index in [0.717, 1.165) is 0 Å². The van der Waals surface area contributed by atoms with Crippen molar-refractivity contribution in [3.8, 4) is 0 Å². The van der Waals surface area contributed by atoms with Gasteiger partial charge in [-0.15, -0.1) is 6.58 Å². The molecule has 106 valence electrons. The van der Waals surface area contributed by atoms with Gasteiger partial charge in [-0.05, 0) is 6.92 Å². The highest BCUT2D eigenvalue weighted by molar-refractivity contribution is 5.94. The van der Waals surface area contributed by atoms with Crippen molar-refractivity contribution in [1.29, 1.82) is 0 Å². The van der Waals surface area contributed by atoms with E-state index >= 15 is 0 Å². The SMILES string of the molecule is C=CC(CC(=O)O)(C1=NCCN1)C(C)OCC(=O)O. The van der Waals surface area contributed by atoms with Gasteiger partial charge in [-0.2, -0.15) is 0 Å². The lowest BCUT2D eigenvalue weighted by Gasteiger charge is -2.34. The van der Waals surface area contributed by atoms with E-state index in [1.807, 2.05) is 0 Å². The number of aliphatic imine (C=N–C) groups is 1. The van der Waals surface area contributed by atoms with Gasteiger partial charge in [0.1, 0.15) is 12.4 Å². The Morgan fingerprint density at radius 2 is 2.26 bits per heavy atom. The van der Waals surface area contributed by atoms with Crippen molar-refractivity contribution in [3.63, 3.8) is 0 Å². The smallest absolute Gasteiger partial charge is 0.329 e. The Balaban J connectivity index is 2.97. The van der Waals surface area contributed by atoms with Crippen LogP contribution in [0, 0.1) is 5.41 Å². The van der Waals surface area contributed by atoms with E-state index in [9.17, 15) is 9.59 Å². The van der Waals surface area contributed by atoms with Crippen molar-refractivity contribution in [1.82, 2.24) is 5.32 Å². The van der Waals surface area contributed by atoms with Gasteiger partial charge >= 0.3 is 11.9 Å². The molecule has 1 heterocycles. The number of carbonyl (C=O) groups is 2. The number of carboxylic acids is 2. The molecule has 0 spiro atoms. The van der Waals surface area contributed by atoms with Crippen molar-refractivity contribution < 1.29 is 24.5 Å². The maximum atomic E-state index is 11.1. The number of hydrogen-bond donors (Lipinski definition) is 3. The average molecular weight is 270 g/mol. The molecule has 0 fully saturated rings. The third-order valence-electron chi connectivity index (χ3n) is 3.11. The molecule has 1 aliphatic rings. The molecule has 1 aliphatic heterocycles. The highest BCUT2D eigenvalue weighted by Gasteiger charge is 2.42. The van der Waals surface area contributed by atoms with Gasteiger partial charge in [-0.1, -0.05) is 6.08 Å². The van der Waals surface area contributed by atoms with Gasteiger partial charge in [0.05, 0.1) is 24.5 Å². The molecule has 2 unspecified atom stereocenters. The van der Waals surface area contributed by atoms with Crippen LogP contribution in [0.4, 0.5) is 0 Å². The van der Waals surface area contributed by atoms with Gasteiger partial charge in [-0.25, -0.2) is 4.79 Å². The van der Waals surface area contributed by atoms with E-state index in [4.69, 9.17) is 14.9 Å². The van der Waals surface area contributed by atoms with Crippen LogP contribution in [0.2, 0.25) is 0 Å². The lowest BCUT2D eigenvalue weighted by Crippen LogP contribution is -2.47. The lowest BCUT2D eigenvalue weighted by atomic mass is 9.78. The molecule has 0 aromatic rings. The highest BCUT2D eigenvalue weighted by atomic mass is 16.5. The Labute approximate surface area is 111 Å². The van der Waals surface area contributed by atoms with E-state index < -0.39 is 30.1 Å². The Morgan fingerprint density at radius 1 is 1.58 bits per heavy atom. The van der Waals surface area contributed by atoms with E-state index in [1.54, 1.807) is 6.92 Å². The zero-order valence-corrected chi connectivity index (χ0v) is 10.8. The maximum absolute atomic E-state index is 11.1. The number of nitrogens with one attached hydrogen (secondary N) is 1. The second kappa shape index (κ2) is 6.33. The van der Waals surface area contributed by atoms with Gasteiger partial charge in [0.25, 0.3) is 0 Å².